The largest absolute Gasteiger partial charge is 0.481 e. The quantitative estimate of drug-likeness (QED) is 0.793. The molecule has 2 N–H and O–H groups in total. The lowest BCUT2D eigenvalue weighted by Gasteiger charge is -2.21. The topological polar surface area (TPSA) is 69.6 Å². The van der Waals surface area contributed by atoms with E-state index >= 15 is 0 Å². The molecule has 0 aliphatic heterocycles. The number of hydrogen-bond acceptors (Lipinski definition) is 3. The molecule has 0 saturated heterocycles. The molecule has 1 rings (SSSR count). The molecule has 5 nitrogen and oxygen atoms in total. The minimum absolute atomic E-state index is 0.0125. The molecule has 0 aromatic heterocycles. The Bertz CT molecular complexity index is 451. The van der Waals surface area contributed by atoms with E-state index in [1.807, 2.05) is 18.2 Å². The van der Waals surface area contributed by atoms with Gasteiger partial charge in [0.25, 0.3) is 0 Å². The standard InChI is InChI=1S/C13H17ClN2O3/c1-15-12(17)9-16(7-6-13(18)19)8-10-4-2-3-5-11(10)14/h2-5H,6-9H2,1H3,(H,15,17)(H,18,19). The summed E-state index contributed by atoms with van der Waals surface area (Å²) in [6.07, 6.45) is -0.0125. The molecule has 1 amide bonds. The van der Waals surface area contributed by atoms with Crippen molar-refractivity contribution in [3.05, 3.63) is 34.9 Å². The molecular weight excluding hydrogens is 268 g/mol. The van der Waals surface area contributed by atoms with Crippen molar-refractivity contribution in [2.24, 2.45) is 0 Å². The molecule has 6 heteroatoms. The summed E-state index contributed by atoms with van der Waals surface area (Å²) in [5, 5.41) is 11.9. The first-order valence-electron chi connectivity index (χ1n) is 5.91. The summed E-state index contributed by atoms with van der Waals surface area (Å²) in [6.45, 7) is 0.892. The van der Waals surface area contributed by atoms with Gasteiger partial charge in [-0.2, -0.15) is 0 Å². The van der Waals surface area contributed by atoms with Gasteiger partial charge in [0.2, 0.25) is 5.91 Å². The van der Waals surface area contributed by atoms with Gasteiger partial charge in [-0.3, -0.25) is 14.5 Å². The highest BCUT2D eigenvalue weighted by Crippen LogP contribution is 2.17. The summed E-state index contributed by atoms with van der Waals surface area (Å²) < 4.78 is 0. The van der Waals surface area contributed by atoms with Crippen molar-refractivity contribution in [3.8, 4) is 0 Å². The van der Waals surface area contributed by atoms with Gasteiger partial charge in [-0.1, -0.05) is 29.8 Å². The number of amides is 1. The molecule has 0 aliphatic rings. The molecule has 19 heavy (non-hydrogen) atoms. The maximum Gasteiger partial charge on any atom is 0.304 e. The van der Waals surface area contributed by atoms with Crippen LogP contribution in [0.15, 0.2) is 24.3 Å². The number of carbonyl (C=O) groups excluding carboxylic acids is 1. The fourth-order valence-corrected chi connectivity index (χ4v) is 1.81. The summed E-state index contributed by atoms with van der Waals surface area (Å²) >= 11 is 6.06. The van der Waals surface area contributed by atoms with Gasteiger partial charge >= 0.3 is 5.97 Å². The number of nitrogens with zero attached hydrogens (tertiary/aromatic N) is 1. The first-order chi connectivity index (χ1) is 9.02. The number of benzene rings is 1. The van der Waals surface area contributed by atoms with E-state index in [1.54, 1.807) is 18.0 Å². The van der Waals surface area contributed by atoms with Crippen LogP contribution in [-0.2, 0) is 16.1 Å². The van der Waals surface area contributed by atoms with Crippen LogP contribution in [0.4, 0.5) is 0 Å². The molecule has 0 saturated carbocycles. The van der Waals surface area contributed by atoms with Crippen molar-refractivity contribution < 1.29 is 14.7 Å². The first-order valence-corrected chi connectivity index (χ1v) is 6.29. The van der Waals surface area contributed by atoms with Gasteiger partial charge in [0.05, 0.1) is 13.0 Å². The van der Waals surface area contributed by atoms with Crippen molar-refractivity contribution in [2.75, 3.05) is 20.1 Å². The molecule has 104 valence electrons. The summed E-state index contributed by atoms with van der Waals surface area (Å²) in [5.41, 5.74) is 0.874. The number of carboxylic acids is 1. The lowest BCUT2D eigenvalue weighted by Crippen LogP contribution is -2.36. The van der Waals surface area contributed by atoms with E-state index in [2.05, 4.69) is 5.32 Å². The molecular formula is C13H17ClN2O3. The summed E-state index contributed by atoms with van der Waals surface area (Å²) in [7, 11) is 1.55. The molecule has 0 bridgehead atoms. The molecule has 1 aromatic carbocycles. The third-order valence-corrected chi connectivity index (χ3v) is 3.01. The second-order valence-corrected chi connectivity index (χ2v) is 4.53. The highest BCUT2D eigenvalue weighted by molar-refractivity contribution is 6.31. The smallest absolute Gasteiger partial charge is 0.304 e. The Kier molecular flexibility index (Phi) is 6.32. The highest BCUT2D eigenvalue weighted by Gasteiger charge is 2.13. The van der Waals surface area contributed by atoms with Gasteiger partial charge in [0.15, 0.2) is 0 Å². The second-order valence-electron chi connectivity index (χ2n) is 4.12. The molecule has 0 aliphatic carbocycles. The van der Waals surface area contributed by atoms with Gasteiger partial charge in [-0.05, 0) is 11.6 Å². The van der Waals surface area contributed by atoms with E-state index in [0.717, 1.165) is 5.56 Å². The normalized spacial score (nSPS) is 10.5. The zero-order valence-electron chi connectivity index (χ0n) is 10.7. The van der Waals surface area contributed by atoms with E-state index in [-0.39, 0.29) is 18.9 Å². The number of rotatable bonds is 7. The maximum atomic E-state index is 11.4. The molecule has 0 atom stereocenters. The van der Waals surface area contributed by atoms with Crippen LogP contribution in [-0.4, -0.2) is 42.0 Å². The number of hydrogen-bond donors (Lipinski definition) is 2. The van der Waals surface area contributed by atoms with E-state index < -0.39 is 5.97 Å². The third-order valence-electron chi connectivity index (χ3n) is 2.64. The number of likely N-dealkylation sites (N-methyl/N-ethyl adjacent to an activating group) is 1. The molecule has 0 unspecified atom stereocenters. The molecule has 0 fully saturated rings. The van der Waals surface area contributed by atoms with Crippen molar-refractivity contribution in [3.63, 3.8) is 0 Å². The number of aliphatic carboxylic acids is 1. The van der Waals surface area contributed by atoms with E-state index in [4.69, 9.17) is 16.7 Å². The van der Waals surface area contributed by atoms with Crippen molar-refractivity contribution in [1.82, 2.24) is 10.2 Å². The van der Waals surface area contributed by atoms with Crippen LogP contribution in [0.2, 0.25) is 5.02 Å². The minimum atomic E-state index is -0.888. The lowest BCUT2D eigenvalue weighted by atomic mass is 10.2. The zero-order chi connectivity index (χ0) is 14.3. The Balaban J connectivity index is 2.70. The van der Waals surface area contributed by atoms with Gasteiger partial charge in [-0.15, -0.1) is 0 Å². The Hall–Kier alpha value is -1.59. The van der Waals surface area contributed by atoms with E-state index in [9.17, 15) is 9.59 Å². The SMILES string of the molecule is CNC(=O)CN(CCC(=O)O)Cc1ccccc1Cl. The van der Waals surface area contributed by atoms with Crippen molar-refractivity contribution in [2.45, 2.75) is 13.0 Å². The Morgan fingerprint density at radius 1 is 1.37 bits per heavy atom. The summed E-state index contributed by atoms with van der Waals surface area (Å²) in [4.78, 5) is 23.8. The third kappa shape index (κ3) is 5.72. The van der Waals surface area contributed by atoms with Crippen LogP contribution < -0.4 is 5.32 Å². The fourth-order valence-electron chi connectivity index (χ4n) is 1.62. The van der Waals surface area contributed by atoms with Crippen molar-refractivity contribution in [1.29, 1.82) is 0 Å². The highest BCUT2D eigenvalue weighted by atomic mass is 35.5. The number of nitrogens with one attached hydrogen (secondary N) is 1. The van der Waals surface area contributed by atoms with Crippen LogP contribution in [0, 0.1) is 0 Å². The fraction of sp³-hybridized carbons (Fsp3) is 0.385. The predicted octanol–water partition coefficient (Wildman–Crippen LogP) is 1.36. The van der Waals surface area contributed by atoms with Crippen molar-refractivity contribution >= 4 is 23.5 Å². The number of carbonyl (C=O) groups is 2. The molecule has 0 heterocycles. The monoisotopic (exact) mass is 284 g/mol. The maximum absolute atomic E-state index is 11.4. The number of halogens is 1. The summed E-state index contributed by atoms with van der Waals surface area (Å²) in [6, 6.07) is 7.31. The van der Waals surface area contributed by atoms with Crippen LogP contribution in [0.1, 0.15) is 12.0 Å². The van der Waals surface area contributed by atoms with E-state index in [0.29, 0.717) is 18.1 Å². The van der Waals surface area contributed by atoms with Crippen LogP contribution in [0.25, 0.3) is 0 Å². The van der Waals surface area contributed by atoms with Crippen LogP contribution in [0.5, 0.6) is 0 Å². The molecule has 0 radical (unpaired) electrons. The van der Waals surface area contributed by atoms with Gasteiger partial charge < -0.3 is 10.4 Å². The average Bonchev–Trinajstić information content (AvgIpc) is 2.38. The predicted molar refractivity (Wildman–Crippen MR) is 73.0 cm³/mol. The zero-order valence-corrected chi connectivity index (χ0v) is 11.5. The Morgan fingerprint density at radius 3 is 2.63 bits per heavy atom. The van der Waals surface area contributed by atoms with Crippen LogP contribution >= 0.6 is 11.6 Å². The Morgan fingerprint density at radius 2 is 2.05 bits per heavy atom. The average molecular weight is 285 g/mol. The lowest BCUT2D eigenvalue weighted by molar-refractivity contribution is -0.137. The first kappa shape index (κ1) is 15.5. The molecule has 0 spiro atoms. The van der Waals surface area contributed by atoms with Gasteiger partial charge in [0, 0.05) is 25.2 Å². The second kappa shape index (κ2) is 7.76. The minimum Gasteiger partial charge on any atom is -0.481 e. The molecule has 1 aromatic rings. The summed E-state index contributed by atoms with van der Waals surface area (Å²) in [5.74, 6) is -1.04. The van der Waals surface area contributed by atoms with Gasteiger partial charge in [-0.25, -0.2) is 0 Å². The van der Waals surface area contributed by atoms with Gasteiger partial charge in [0.1, 0.15) is 0 Å². The van der Waals surface area contributed by atoms with Crippen LogP contribution in [0.3, 0.4) is 0 Å². The van der Waals surface area contributed by atoms with E-state index in [1.165, 1.54) is 0 Å². The Labute approximate surface area is 117 Å². The number of carboxylic acid groups (broad SMARTS) is 1.